The summed E-state index contributed by atoms with van der Waals surface area (Å²) in [5.74, 6) is 0.561. The van der Waals surface area contributed by atoms with Gasteiger partial charge >= 0.3 is 0 Å². The van der Waals surface area contributed by atoms with E-state index in [4.69, 9.17) is 11.6 Å². The van der Waals surface area contributed by atoms with Crippen LogP contribution in [-0.4, -0.2) is 25.1 Å². The van der Waals surface area contributed by atoms with Crippen LogP contribution in [0.3, 0.4) is 0 Å². The molecule has 1 aliphatic rings. The topological polar surface area (TPSA) is 86.7 Å². The summed E-state index contributed by atoms with van der Waals surface area (Å²) >= 11 is 7.30. The van der Waals surface area contributed by atoms with Gasteiger partial charge in [0.05, 0.1) is 11.0 Å². The van der Waals surface area contributed by atoms with E-state index < -0.39 is 4.92 Å². The lowest BCUT2D eigenvalue weighted by atomic mass is 10.2. The minimum Gasteiger partial charge on any atom is -0.258 e. The molecule has 0 atom stereocenters. The van der Waals surface area contributed by atoms with Gasteiger partial charge in [-0.2, -0.15) is 0 Å². The maximum absolute atomic E-state index is 10.9. The molecule has 116 valence electrons. The van der Waals surface area contributed by atoms with Crippen molar-refractivity contribution in [2.24, 2.45) is 0 Å². The van der Waals surface area contributed by atoms with Gasteiger partial charge in [0.25, 0.3) is 5.69 Å². The van der Waals surface area contributed by atoms with Gasteiger partial charge in [0.2, 0.25) is 5.16 Å². The second kappa shape index (κ2) is 6.62. The van der Waals surface area contributed by atoms with Crippen molar-refractivity contribution in [3.63, 3.8) is 0 Å². The lowest BCUT2D eigenvalue weighted by Crippen LogP contribution is -2.08. The van der Waals surface area contributed by atoms with Gasteiger partial charge in [-0.1, -0.05) is 42.3 Å². The summed E-state index contributed by atoms with van der Waals surface area (Å²) in [6.45, 7) is 0. The average Bonchev–Trinajstić information content (AvgIpc) is 3.16. The van der Waals surface area contributed by atoms with Gasteiger partial charge in [-0.05, 0) is 34.9 Å². The molecule has 0 saturated heterocycles. The molecular weight excluding hydrogens is 326 g/mol. The summed E-state index contributed by atoms with van der Waals surface area (Å²) in [7, 11) is 0. The van der Waals surface area contributed by atoms with Gasteiger partial charge in [-0.15, -0.1) is 5.10 Å². The average molecular weight is 340 g/mol. The van der Waals surface area contributed by atoms with Crippen LogP contribution in [0.4, 0.5) is 5.69 Å². The first kappa shape index (κ1) is 15.2. The summed E-state index contributed by atoms with van der Waals surface area (Å²) in [5.41, 5.74) is 0.747. The lowest BCUT2D eigenvalue weighted by Gasteiger charge is -2.10. The normalized spacial score (nSPS) is 15.3. The number of nitro benzene ring substituents is 1. The zero-order valence-electron chi connectivity index (χ0n) is 11.7. The number of hydrogen-bond donors (Lipinski definition) is 0. The molecule has 1 aliphatic carbocycles. The molecule has 3 rings (SSSR count). The van der Waals surface area contributed by atoms with Crippen molar-refractivity contribution < 1.29 is 4.92 Å². The first-order valence-corrected chi connectivity index (χ1v) is 8.35. The molecule has 0 N–H and O–H groups in total. The van der Waals surface area contributed by atoms with E-state index in [2.05, 4.69) is 15.5 Å². The monoisotopic (exact) mass is 339 g/mol. The van der Waals surface area contributed by atoms with Gasteiger partial charge in [-0.3, -0.25) is 10.1 Å². The maximum Gasteiger partial charge on any atom is 0.288 e. The van der Waals surface area contributed by atoms with Crippen molar-refractivity contribution in [3.8, 4) is 0 Å². The summed E-state index contributed by atoms with van der Waals surface area (Å²) in [6, 6.07) is 5.21. The van der Waals surface area contributed by atoms with E-state index in [0.717, 1.165) is 23.6 Å². The van der Waals surface area contributed by atoms with Crippen molar-refractivity contribution in [2.45, 2.75) is 42.6 Å². The second-order valence-electron chi connectivity index (χ2n) is 5.18. The Hall–Kier alpha value is -1.67. The minimum absolute atomic E-state index is 0.0739. The zero-order chi connectivity index (χ0) is 15.5. The number of tetrazole rings is 1. The van der Waals surface area contributed by atoms with Crippen LogP contribution in [-0.2, 0) is 5.75 Å². The number of rotatable bonds is 5. The zero-order valence-corrected chi connectivity index (χ0v) is 13.3. The van der Waals surface area contributed by atoms with Gasteiger partial charge in [0, 0.05) is 11.8 Å². The molecule has 22 heavy (non-hydrogen) atoms. The molecule has 1 heterocycles. The highest BCUT2D eigenvalue weighted by molar-refractivity contribution is 7.98. The summed E-state index contributed by atoms with van der Waals surface area (Å²) in [6.07, 6.45) is 4.62. The molecule has 0 spiro atoms. The Morgan fingerprint density at radius 1 is 1.41 bits per heavy atom. The molecule has 2 aromatic rings. The highest BCUT2D eigenvalue weighted by Gasteiger charge is 2.22. The van der Waals surface area contributed by atoms with Crippen LogP contribution in [0.25, 0.3) is 0 Å². The third-order valence-corrected chi connectivity index (χ3v) is 5.03. The Kier molecular flexibility index (Phi) is 4.58. The fraction of sp³-hybridized carbons (Fsp3) is 0.462. The molecule has 0 aliphatic heterocycles. The number of hydrogen-bond acceptors (Lipinski definition) is 6. The second-order valence-corrected chi connectivity index (χ2v) is 6.53. The Bertz CT molecular complexity index is 687. The molecule has 9 heteroatoms. The van der Waals surface area contributed by atoms with Crippen molar-refractivity contribution in [1.82, 2.24) is 20.2 Å². The standard InChI is InChI=1S/C13H14ClN5O2S/c14-11-6-5-9(7-12(11)19(20)21)8-22-13-15-16-17-18(13)10-3-1-2-4-10/h5-7,10H,1-4,8H2. The van der Waals surface area contributed by atoms with Crippen molar-refractivity contribution >= 4 is 29.1 Å². The summed E-state index contributed by atoms with van der Waals surface area (Å²) in [5, 5.41) is 23.7. The molecule has 7 nitrogen and oxygen atoms in total. The van der Waals surface area contributed by atoms with E-state index >= 15 is 0 Å². The van der Waals surface area contributed by atoms with Crippen LogP contribution in [0.1, 0.15) is 37.3 Å². The number of nitro groups is 1. The predicted octanol–water partition coefficient (Wildman–Crippen LogP) is 3.64. The first-order chi connectivity index (χ1) is 10.6. The molecule has 1 saturated carbocycles. The Labute approximate surface area is 136 Å². The first-order valence-electron chi connectivity index (χ1n) is 6.98. The van der Waals surface area contributed by atoms with Crippen LogP contribution in [0, 0.1) is 10.1 Å². The number of halogens is 1. The van der Waals surface area contributed by atoms with E-state index in [0.29, 0.717) is 11.8 Å². The molecule has 0 radical (unpaired) electrons. The molecule has 0 bridgehead atoms. The van der Waals surface area contributed by atoms with E-state index in [1.807, 2.05) is 4.68 Å². The molecule has 0 unspecified atom stereocenters. The van der Waals surface area contributed by atoms with Crippen molar-refractivity contribution in [1.29, 1.82) is 0 Å². The third-order valence-electron chi connectivity index (χ3n) is 3.71. The number of benzene rings is 1. The van der Waals surface area contributed by atoms with Gasteiger partial charge < -0.3 is 0 Å². The molecular formula is C13H14ClN5O2S. The van der Waals surface area contributed by atoms with Crippen LogP contribution in [0.2, 0.25) is 5.02 Å². The Balaban J connectivity index is 1.72. The van der Waals surface area contributed by atoms with Crippen molar-refractivity contribution in [2.75, 3.05) is 0 Å². The molecule has 1 aromatic carbocycles. The van der Waals surface area contributed by atoms with Gasteiger partial charge in [0.1, 0.15) is 5.02 Å². The lowest BCUT2D eigenvalue weighted by molar-refractivity contribution is -0.384. The highest BCUT2D eigenvalue weighted by Crippen LogP contribution is 2.33. The SMILES string of the molecule is O=[N+]([O-])c1cc(CSc2nnnn2C2CCCC2)ccc1Cl. The molecule has 1 aromatic heterocycles. The van der Waals surface area contributed by atoms with Gasteiger partial charge in [0.15, 0.2) is 0 Å². The minimum atomic E-state index is -0.473. The number of thioether (sulfide) groups is 1. The largest absolute Gasteiger partial charge is 0.288 e. The predicted molar refractivity (Wildman–Crippen MR) is 83.0 cm³/mol. The van der Waals surface area contributed by atoms with Crippen LogP contribution >= 0.6 is 23.4 Å². The van der Waals surface area contributed by atoms with Crippen molar-refractivity contribution in [3.05, 3.63) is 38.9 Å². The highest BCUT2D eigenvalue weighted by atomic mass is 35.5. The number of aromatic nitrogens is 4. The number of nitrogens with zero attached hydrogens (tertiary/aromatic N) is 5. The van der Waals surface area contributed by atoms with E-state index in [-0.39, 0.29) is 10.7 Å². The molecule has 0 amide bonds. The quantitative estimate of drug-likeness (QED) is 0.469. The summed E-state index contributed by atoms with van der Waals surface area (Å²) < 4.78 is 1.88. The fourth-order valence-corrected chi connectivity index (χ4v) is 3.67. The van der Waals surface area contributed by atoms with Crippen LogP contribution in [0.5, 0.6) is 0 Å². The maximum atomic E-state index is 10.9. The summed E-state index contributed by atoms with van der Waals surface area (Å²) in [4.78, 5) is 10.4. The third kappa shape index (κ3) is 3.22. The smallest absolute Gasteiger partial charge is 0.258 e. The Morgan fingerprint density at radius 2 is 2.18 bits per heavy atom. The van der Waals surface area contributed by atoms with E-state index in [1.54, 1.807) is 12.1 Å². The fourth-order valence-electron chi connectivity index (χ4n) is 2.59. The van der Waals surface area contributed by atoms with E-state index in [9.17, 15) is 10.1 Å². The molecule has 1 fully saturated rings. The van der Waals surface area contributed by atoms with Crippen LogP contribution in [0.15, 0.2) is 23.4 Å². The van der Waals surface area contributed by atoms with Crippen LogP contribution < -0.4 is 0 Å². The van der Waals surface area contributed by atoms with Gasteiger partial charge in [-0.25, -0.2) is 4.68 Å². The van der Waals surface area contributed by atoms with E-state index in [1.165, 1.54) is 30.7 Å². The Morgan fingerprint density at radius 3 is 2.91 bits per heavy atom.